The third-order valence-corrected chi connectivity index (χ3v) is 6.96. The van der Waals surface area contributed by atoms with E-state index in [0.29, 0.717) is 5.92 Å². The zero-order valence-corrected chi connectivity index (χ0v) is 19.0. The molecule has 0 aliphatic carbocycles. The Morgan fingerprint density at radius 3 is 2.45 bits per heavy atom. The predicted octanol–water partition coefficient (Wildman–Crippen LogP) is 5.31. The van der Waals surface area contributed by atoms with Crippen molar-refractivity contribution in [2.45, 2.75) is 25.8 Å². The van der Waals surface area contributed by atoms with Crippen molar-refractivity contribution >= 4 is 21.8 Å². The van der Waals surface area contributed by atoms with Crippen molar-refractivity contribution in [3.8, 4) is 11.4 Å². The zero-order valence-electron chi connectivity index (χ0n) is 19.0. The van der Waals surface area contributed by atoms with E-state index in [-0.39, 0.29) is 6.04 Å². The Hall–Kier alpha value is -3.51. The van der Waals surface area contributed by atoms with Gasteiger partial charge in [-0.15, -0.1) is 5.10 Å². The molecule has 1 aliphatic rings. The largest absolute Gasteiger partial charge is 0.381 e. The third kappa shape index (κ3) is 3.33. The number of aryl methyl sites for hydroxylation is 2. The highest BCUT2D eigenvalue weighted by atomic mass is 16.5. The predicted molar refractivity (Wildman–Crippen MR) is 130 cm³/mol. The minimum absolute atomic E-state index is 0.221. The molecular formula is C27H27N5O. The summed E-state index contributed by atoms with van der Waals surface area (Å²) in [6, 6.07) is 22.0. The number of fused-ring (bicyclic) bond motifs is 3. The van der Waals surface area contributed by atoms with Crippen molar-refractivity contribution in [1.29, 1.82) is 0 Å². The summed E-state index contributed by atoms with van der Waals surface area (Å²) >= 11 is 0. The van der Waals surface area contributed by atoms with Crippen molar-refractivity contribution in [3.63, 3.8) is 0 Å². The standard InChI is InChI=1S/C27H27N5O/c1-18-26(31(2)30-29-18)23-16-25-22(17-28-23)21-10-6-7-11-24(21)32(25)27(19-8-4-3-5-9-19)20-12-14-33-15-13-20/h3-11,16-17,20,27H,12-15H2,1-2H3/t27-/m0/s1. The van der Waals surface area contributed by atoms with Gasteiger partial charge < -0.3 is 9.30 Å². The van der Waals surface area contributed by atoms with Crippen LogP contribution in [0.15, 0.2) is 66.9 Å². The van der Waals surface area contributed by atoms with E-state index in [1.54, 1.807) is 0 Å². The lowest BCUT2D eigenvalue weighted by Gasteiger charge is -2.33. The minimum atomic E-state index is 0.221. The van der Waals surface area contributed by atoms with Crippen LogP contribution in [-0.4, -0.2) is 37.8 Å². The summed E-state index contributed by atoms with van der Waals surface area (Å²) in [5.74, 6) is 0.497. The third-order valence-electron chi connectivity index (χ3n) is 6.96. The van der Waals surface area contributed by atoms with Crippen molar-refractivity contribution in [2.24, 2.45) is 13.0 Å². The second kappa shape index (κ2) is 8.12. The molecule has 3 aromatic heterocycles. The van der Waals surface area contributed by atoms with Gasteiger partial charge in [-0.25, -0.2) is 4.68 Å². The van der Waals surface area contributed by atoms with Gasteiger partial charge in [0.2, 0.25) is 0 Å². The second-order valence-electron chi connectivity index (χ2n) is 8.93. The zero-order chi connectivity index (χ0) is 22.4. The van der Waals surface area contributed by atoms with Gasteiger partial charge in [-0.05, 0) is 43.4 Å². The van der Waals surface area contributed by atoms with Crippen LogP contribution in [0.4, 0.5) is 0 Å². The Labute approximate surface area is 192 Å². The highest BCUT2D eigenvalue weighted by molar-refractivity contribution is 6.08. The maximum Gasteiger partial charge on any atom is 0.110 e. The molecular weight excluding hydrogens is 410 g/mol. The van der Waals surface area contributed by atoms with Crippen LogP contribution in [0, 0.1) is 12.8 Å². The van der Waals surface area contributed by atoms with E-state index >= 15 is 0 Å². The number of ether oxygens (including phenoxy) is 1. The average molecular weight is 438 g/mol. The number of hydrogen-bond donors (Lipinski definition) is 0. The summed E-state index contributed by atoms with van der Waals surface area (Å²) in [6.45, 7) is 3.62. The molecule has 1 aliphatic heterocycles. The van der Waals surface area contributed by atoms with Gasteiger partial charge in [-0.2, -0.15) is 0 Å². The first-order valence-corrected chi connectivity index (χ1v) is 11.6. The van der Waals surface area contributed by atoms with Crippen molar-refractivity contribution in [1.82, 2.24) is 24.5 Å². The van der Waals surface area contributed by atoms with Crippen LogP contribution >= 0.6 is 0 Å². The van der Waals surface area contributed by atoms with Gasteiger partial charge in [-0.1, -0.05) is 53.7 Å². The van der Waals surface area contributed by atoms with Crippen LogP contribution in [0.3, 0.4) is 0 Å². The van der Waals surface area contributed by atoms with Crippen LogP contribution in [0.5, 0.6) is 0 Å². The lowest BCUT2D eigenvalue weighted by molar-refractivity contribution is 0.0553. The average Bonchev–Trinajstić information content (AvgIpc) is 3.37. The molecule has 0 amide bonds. The number of hydrogen-bond acceptors (Lipinski definition) is 4. The highest BCUT2D eigenvalue weighted by Crippen LogP contribution is 2.41. The molecule has 0 N–H and O–H groups in total. The first kappa shape index (κ1) is 20.1. The van der Waals surface area contributed by atoms with Gasteiger partial charge in [0, 0.05) is 42.7 Å². The Bertz CT molecular complexity index is 1410. The highest BCUT2D eigenvalue weighted by Gasteiger charge is 2.30. The molecule has 0 bridgehead atoms. The van der Waals surface area contributed by atoms with Crippen molar-refractivity contribution in [3.05, 3.63) is 78.1 Å². The van der Waals surface area contributed by atoms with Crippen LogP contribution in [0.1, 0.15) is 30.1 Å². The van der Waals surface area contributed by atoms with Gasteiger partial charge in [0.05, 0.1) is 22.9 Å². The summed E-state index contributed by atoms with van der Waals surface area (Å²) < 4.78 is 10.1. The molecule has 2 aromatic carbocycles. The maximum absolute atomic E-state index is 5.74. The molecule has 0 unspecified atom stereocenters. The van der Waals surface area contributed by atoms with E-state index in [9.17, 15) is 0 Å². The summed E-state index contributed by atoms with van der Waals surface area (Å²) in [5, 5.41) is 10.9. The lowest BCUT2D eigenvalue weighted by Crippen LogP contribution is -2.26. The fourth-order valence-electron chi connectivity index (χ4n) is 5.45. The molecule has 166 valence electrons. The number of nitrogens with zero attached hydrogens (tertiary/aromatic N) is 5. The first-order valence-electron chi connectivity index (χ1n) is 11.6. The first-order chi connectivity index (χ1) is 16.2. The van der Waals surface area contributed by atoms with E-state index in [1.165, 1.54) is 27.4 Å². The number of pyridine rings is 1. The normalized spacial score (nSPS) is 15.9. The fraction of sp³-hybridized carbons (Fsp3) is 0.296. The number of aromatic nitrogens is 5. The number of benzene rings is 2. The summed E-state index contributed by atoms with van der Waals surface area (Å²) in [7, 11) is 1.92. The monoisotopic (exact) mass is 437 g/mol. The fourth-order valence-corrected chi connectivity index (χ4v) is 5.45. The van der Waals surface area contributed by atoms with Crippen molar-refractivity contribution < 1.29 is 4.74 Å². The van der Waals surface area contributed by atoms with E-state index in [4.69, 9.17) is 9.72 Å². The SMILES string of the molecule is Cc1nnn(C)c1-c1cc2c(cn1)c1ccccc1n2[C@@H](c1ccccc1)C1CCOCC1. The van der Waals surface area contributed by atoms with Crippen molar-refractivity contribution in [2.75, 3.05) is 13.2 Å². The van der Waals surface area contributed by atoms with Gasteiger partial charge in [-0.3, -0.25) is 4.98 Å². The van der Waals surface area contributed by atoms with E-state index in [1.807, 2.05) is 24.9 Å². The molecule has 4 heterocycles. The molecule has 0 radical (unpaired) electrons. The Balaban J connectivity index is 1.65. The minimum Gasteiger partial charge on any atom is -0.381 e. The summed E-state index contributed by atoms with van der Waals surface area (Å²) in [4.78, 5) is 4.84. The molecule has 6 heteroatoms. The smallest absolute Gasteiger partial charge is 0.110 e. The van der Waals surface area contributed by atoms with Crippen LogP contribution < -0.4 is 0 Å². The van der Waals surface area contributed by atoms with Crippen LogP contribution in [-0.2, 0) is 11.8 Å². The number of para-hydroxylation sites is 1. The molecule has 6 nitrogen and oxygen atoms in total. The van der Waals surface area contributed by atoms with E-state index in [0.717, 1.165) is 43.1 Å². The molecule has 33 heavy (non-hydrogen) atoms. The van der Waals surface area contributed by atoms with Crippen LogP contribution in [0.2, 0.25) is 0 Å². The van der Waals surface area contributed by atoms with E-state index in [2.05, 4.69) is 75.5 Å². The molecule has 0 saturated carbocycles. The Kier molecular flexibility index (Phi) is 4.95. The Morgan fingerprint density at radius 1 is 0.939 bits per heavy atom. The number of rotatable bonds is 4. The van der Waals surface area contributed by atoms with E-state index < -0.39 is 0 Å². The lowest BCUT2D eigenvalue weighted by atomic mass is 9.86. The maximum atomic E-state index is 5.74. The van der Waals surface area contributed by atoms with Gasteiger partial charge in [0.15, 0.2) is 0 Å². The van der Waals surface area contributed by atoms with Gasteiger partial charge in [0.25, 0.3) is 0 Å². The molecule has 6 rings (SSSR count). The quantitative estimate of drug-likeness (QED) is 0.382. The van der Waals surface area contributed by atoms with Gasteiger partial charge in [0.1, 0.15) is 5.69 Å². The van der Waals surface area contributed by atoms with Gasteiger partial charge >= 0.3 is 0 Å². The molecule has 1 atom stereocenters. The molecule has 0 spiro atoms. The topological polar surface area (TPSA) is 57.8 Å². The molecule has 5 aromatic rings. The Morgan fingerprint density at radius 2 is 1.70 bits per heavy atom. The summed E-state index contributed by atoms with van der Waals surface area (Å²) in [5.41, 5.74) is 6.51. The molecule has 1 fully saturated rings. The second-order valence-corrected chi connectivity index (χ2v) is 8.93. The van der Waals surface area contributed by atoms with Crippen LogP contribution in [0.25, 0.3) is 33.2 Å². The molecule has 1 saturated heterocycles. The summed E-state index contributed by atoms with van der Waals surface area (Å²) in [6.07, 6.45) is 4.12.